The monoisotopic (exact) mass is 343 g/mol. The molecule has 7 heteroatoms. The minimum absolute atomic E-state index is 0.0401. The fourth-order valence-electron chi connectivity index (χ4n) is 2.55. The third kappa shape index (κ3) is 2.95. The summed E-state index contributed by atoms with van der Waals surface area (Å²) in [4.78, 5) is 8.17. The lowest BCUT2D eigenvalue weighted by atomic mass is 10.2. The number of rotatable bonds is 5. The molecule has 0 atom stereocenters. The number of pyridine rings is 2. The summed E-state index contributed by atoms with van der Waals surface area (Å²) in [6.07, 6.45) is 4.79. The van der Waals surface area contributed by atoms with E-state index in [-0.39, 0.29) is 22.7 Å². The van der Waals surface area contributed by atoms with Crippen molar-refractivity contribution in [3.8, 4) is 5.75 Å². The molecule has 0 bridgehead atoms. The molecule has 2 heterocycles. The standard InChI is InChI=1S/C17H17N3O3S/c1-2-20(12-13-7-10-18-11-8-13)24(22,23)16-6-5-15(21)17-14(16)4-3-9-19-17/h3-11,21H,2,12H2,1H3. The quantitative estimate of drug-likeness (QED) is 0.770. The van der Waals surface area contributed by atoms with Crippen LogP contribution in [-0.2, 0) is 16.6 Å². The lowest BCUT2D eigenvalue weighted by Crippen LogP contribution is -2.30. The lowest BCUT2D eigenvalue weighted by Gasteiger charge is -2.21. The highest BCUT2D eigenvalue weighted by atomic mass is 32.2. The van der Waals surface area contributed by atoms with Gasteiger partial charge in [0.1, 0.15) is 11.3 Å². The van der Waals surface area contributed by atoms with Gasteiger partial charge in [-0.2, -0.15) is 4.31 Å². The van der Waals surface area contributed by atoms with Crippen LogP contribution in [0.4, 0.5) is 0 Å². The molecule has 0 aliphatic carbocycles. The number of benzene rings is 1. The molecule has 0 saturated carbocycles. The van der Waals surface area contributed by atoms with Crippen LogP contribution in [0.15, 0.2) is 59.9 Å². The SMILES string of the molecule is CCN(Cc1ccncc1)S(=O)(=O)c1ccc(O)c2ncccc12. The maximum absolute atomic E-state index is 13.1. The van der Waals surface area contributed by atoms with Gasteiger partial charge in [-0.1, -0.05) is 6.92 Å². The Labute approximate surface area is 140 Å². The topological polar surface area (TPSA) is 83.4 Å². The Bertz CT molecular complexity index is 959. The zero-order valence-corrected chi connectivity index (χ0v) is 13.9. The molecule has 0 aliphatic heterocycles. The Hall–Kier alpha value is -2.51. The van der Waals surface area contributed by atoms with Crippen molar-refractivity contribution in [2.75, 3.05) is 6.54 Å². The number of aromatic nitrogens is 2. The van der Waals surface area contributed by atoms with Crippen LogP contribution < -0.4 is 0 Å². The van der Waals surface area contributed by atoms with E-state index in [1.54, 1.807) is 43.6 Å². The summed E-state index contributed by atoms with van der Waals surface area (Å²) >= 11 is 0. The molecular formula is C17H17N3O3S. The Balaban J connectivity index is 2.08. The summed E-state index contributed by atoms with van der Waals surface area (Å²) in [6.45, 7) is 2.37. The highest BCUT2D eigenvalue weighted by Crippen LogP contribution is 2.30. The molecular weight excluding hydrogens is 326 g/mol. The number of hydrogen-bond donors (Lipinski definition) is 1. The van der Waals surface area contributed by atoms with Crippen molar-refractivity contribution in [1.29, 1.82) is 0 Å². The molecule has 0 amide bonds. The van der Waals surface area contributed by atoms with Gasteiger partial charge in [0.05, 0.1) is 4.90 Å². The highest BCUT2D eigenvalue weighted by molar-refractivity contribution is 7.89. The number of aromatic hydroxyl groups is 1. The van der Waals surface area contributed by atoms with Crippen molar-refractivity contribution < 1.29 is 13.5 Å². The normalized spacial score (nSPS) is 11.9. The average molecular weight is 343 g/mol. The molecule has 6 nitrogen and oxygen atoms in total. The number of sulfonamides is 1. The van der Waals surface area contributed by atoms with Crippen LogP contribution in [0, 0.1) is 0 Å². The van der Waals surface area contributed by atoms with Crippen LogP contribution in [0.2, 0.25) is 0 Å². The van der Waals surface area contributed by atoms with Gasteiger partial charge in [0, 0.05) is 37.1 Å². The van der Waals surface area contributed by atoms with Gasteiger partial charge in [-0.15, -0.1) is 0 Å². The molecule has 1 N–H and O–H groups in total. The average Bonchev–Trinajstić information content (AvgIpc) is 2.60. The van der Waals surface area contributed by atoms with E-state index in [2.05, 4.69) is 9.97 Å². The van der Waals surface area contributed by atoms with Crippen LogP contribution in [-0.4, -0.2) is 34.3 Å². The van der Waals surface area contributed by atoms with Gasteiger partial charge < -0.3 is 5.11 Å². The molecule has 3 rings (SSSR count). The molecule has 0 radical (unpaired) electrons. The second kappa shape index (κ2) is 6.54. The predicted octanol–water partition coefficient (Wildman–Crippen LogP) is 2.55. The Morgan fingerprint density at radius 1 is 1.08 bits per heavy atom. The lowest BCUT2D eigenvalue weighted by molar-refractivity contribution is 0.423. The predicted molar refractivity (Wildman–Crippen MR) is 90.9 cm³/mol. The number of hydrogen-bond acceptors (Lipinski definition) is 5. The fraction of sp³-hybridized carbons (Fsp3) is 0.176. The van der Waals surface area contributed by atoms with E-state index in [0.29, 0.717) is 11.9 Å². The van der Waals surface area contributed by atoms with E-state index >= 15 is 0 Å². The van der Waals surface area contributed by atoms with Crippen molar-refractivity contribution in [2.45, 2.75) is 18.4 Å². The molecule has 0 saturated heterocycles. The van der Waals surface area contributed by atoms with Gasteiger partial charge >= 0.3 is 0 Å². The van der Waals surface area contributed by atoms with Crippen molar-refractivity contribution in [2.24, 2.45) is 0 Å². The van der Waals surface area contributed by atoms with Gasteiger partial charge in [0.2, 0.25) is 10.0 Å². The van der Waals surface area contributed by atoms with E-state index in [1.807, 2.05) is 0 Å². The molecule has 1 aromatic carbocycles. The second-order valence-electron chi connectivity index (χ2n) is 5.27. The van der Waals surface area contributed by atoms with E-state index in [9.17, 15) is 13.5 Å². The molecule has 2 aromatic heterocycles. The van der Waals surface area contributed by atoms with Gasteiger partial charge in [-0.3, -0.25) is 9.97 Å². The number of nitrogens with zero attached hydrogens (tertiary/aromatic N) is 3. The molecule has 0 unspecified atom stereocenters. The van der Waals surface area contributed by atoms with Crippen LogP contribution >= 0.6 is 0 Å². The molecule has 0 aliphatic rings. The van der Waals surface area contributed by atoms with Crippen molar-refractivity contribution >= 4 is 20.9 Å². The third-order valence-electron chi connectivity index (χ3n) is 3.79. The Kier molecular flexibility index (Phi) is 4.46. The fourth-order valence-corrected chi connectivity index (χ4v) is 4.17. The van der Waals surface area contributed by atoms with Crippen molar-refractivity contribution in [3.05, 3.63) is 60.6 Å². The zero-order chi connectivity index (χ0) is 17.2. The summed E-state index contributed by atoms with van der Waals surface area (Å²) in [6, 6.07) is 9.66. The second-order valence-corrected chi connectivity index (χ2v) is 7.18. The van der Waals surface area contributed by atoms with Crippen molar-refractivity contribution in [1.82, 2.24) is 14.3 Å². The van der Waals surface area contributed by atoms with Crippen molar-refractivity contribution in [3.63, 3.8) is 0 Å². The van der Waals surface area contributed by atoms with Gasteiger partial charge in [-0.25, -0.2) is 8.42 Å². The first-order valence-corrected chi connectivity index (χ1v) is 8.94. The van der Waals surface area contributed by atoms with E-state index in [4.69, 9.17) is 0 Å². The van der Waals surface area contributed by atoms with E-state index in [0.717, 1.165) is 5.56 Å². The maximum Gasteiger partial charge on any atom is 0.244 e. The third-order valence-corrected chi connectivity index (χ3v) is 5.77. The summed E-state index contributed by atoms with van der Waals surface area (Å²) in [5.41, 5.74) is 1.13. The summed E-state index contributed by atoms with van der Waals surface area (Å²) in [5.74, 6) is -0.0401. The number of phenols is 1. The van der Waals surface area contributed by atoms with Gasteiger partial charge in [-0.05, 0) is 42.0 Å². The van der Waals surface area contributed by atoms with Gasteiger partial charge in [0.25, 0.3) is 0 Å². The van der Waals surface area contributed by atoms with E-state index in [1.165, 1.54) is 22.6 Å². The van der Waals surface area contributed by atoms with E-state index < -0.39 is 10.0 Å². The largest absolute Gasteiger partial charge is 0.506 e. The first kappa shape index (κ1) is 16.4. The minimum atomic E-state index is -3.73. The maximum atomic E-state index is 13.1. The molecule has 0 fully saturated rings. The van der Waals surface area contributed by atoms with Gasteiger partial charge in [0.15, 0.2) is 0 Å². The molecule has 3 aromatic rings. The number of fused-ring (bicyclic) bond motifs is 1. The first-order chi connectivity index (χ1) is 11.5. The molecule has 0 spiro atoms. The molecule has 124 valence electrons. The zero-order valence-electron chi connectivity index (χ0n) is 13.1. The number of phenolic OH excluding ortho intramolecular Hbond substituents is 1. The molecule has 24 heavy (non-hydrogen) atoms. The minimum Gasteiger partial charge on any atom is -0.506 e. The summed E-state index contributed by atoms with van der Waals surface area (Å²) in [7, 11) is -3.73. The summed E-state index contributed by atoms with van der Waals surface area (Å²) < 4.78 is 27.6. The van der Waals surface area contributed by atoms with Crippen LogP contribution in [0.1, 0.15) is 12.5 Å². The highest BCUT2D eigenvalue weighted by Gasteiger charge is 2.26. The van der Waals surface area contributed by atoms with Crippen LogP contribution in [0.5, 0.6) is 5.75 Å². The smallest absolute Gasteiger partial charge is 0.244 e. The first-order valence-electron chi connectivity index (χ1n) is 7.49. The Morgan fingerprint density at radius 3 is 2.54 bits per heavy atom. The Morgan fingerprint density at radius 2 is 1.83 bits per heavy atom. The van der Waals surface area contributed by atoms with Crippen LogP contribution in [0.3, 0.4) is 0 Å². The van der Waals surface area contributed by atoms with Crippen LogP contribution in [0.25, 0.3) is 10.9 Å². The summed E-state index contributed by atoms with van der Waals surface area (Å²) in [5, 5.41) is 10.3.